The third-order valence-corrected chi connectivity index (χ3v) is 9.22. The molecule has 4 aromatic rings. The van der Waals surface area contributed by atoms with Gasteiger partial charge in [0.15, 0.2) is 0 Å². The van der Waals surface area contributed by atoms with Crippen LogP contribution in [0.3, 0.4) is 0 Å². The number of amides is 2. The average Bonchev–Trinajstić information content (AvgIpc) is 3.01. The van der Waals surface area contributed by atoms with Crippen LogP contribution in [-0.4, -0.2) is 44.8 Å². The van der Waals surface area contributed by atoms with E-state index in [4.69, 9.17) is 11.6 Å². The molecular weight excluding hydrogens is 627 g/mol. The molecule has 1 atom stereocenters. The second-order valence-corrected chi connectivity index (χ2v) is 12.6. The van der Waals surface area contributed by atoms with Crippen molar-refractivity contribution in [2.75, 3.05) is 17.9 Å². The van der Waals surface area contributed by atoms with Crippen molar-refractivity contribution in [1.29, 1.82) is 0 Å². The van der Waals surface area contributed by atoms with Crippen LogP contribution in [0.1, 0.15) is 22.3 Å². The molecular formula is C33H31ClF3N3O4S. The Kier molecular flexibility index (Phi) is 10.6. The molecule has 0 spiro atoms. The van der Waals surface area contributed by atoms with Crippen molar-refractivity contribution in [3.8, 4) is 0 Å². The van der Waals surface area contributed by atoms with E-state index in [2.05, 4.69) is 5.32 Å². The highest BCUT2D eigenvalue weighted by atomic mass is 35.5. The number of nitrogens with one attached hydrogen (secondary N) is 1. The number of alkyl halides is 3. The molecule has 4 aromatic carbocycles. The summed E-state index contributed by atoms with van der Waals surface area (Å²) in [5.41, 5.74) is 0.641. The second kappa shape index (κ2) is 14.2. The summed E-state index contributed by atoms with van der Waals surface area (Å²) in [6, 6.07) is 24.8. The fourth-order valence-electron chi connectivity index (χ4n) is 4.86. The zero-order valence-corrected chi connectivity index (χ0v) is 26.0. The van der Waals surface area contributed by atoms with E-state index < -0.39 is 56.9 Å². The molecule has 0 heterocycles. The first kappa shape index (κ1) is 33.5. The van der Waals surface area contributed by atoms with Gasteiger partial charge in [-0.25, -0.2) is 8.42 Å². The molecule has 0 unspecified atom stereocenters. The fraction of sp³-hybridized carbons (Fsp3) is 0.212. The van der Waals surface area contributed by atoms with Gasteiger partial charge in [-0.3, -0.25) is 13.9 Å². The van der Waals surface area contributed by atoms with Gasteiger partial charge in [0.2, 0.25) is 11.8 Å². The minimum atomic E-state index is -4.89. The van der Waals surface area contributed by atoms with Crippen LogP contribution in [0.2, 0.25) is 5.02 Å². The van der Waals surface area contributed by atoms with Gasteiger partial charge in [-0.2, -0.15) is 13.2 Å². The molecule has 0 aliphatic rings. The van der Waals surface area contributed by atoms with E-state index in [0.717, 1.165) is 23.3 Å². The number of hydrogen-bond donors (Lipinski definition) is 1. The SMILES string of the molecule is CNC(=O)[C@@H](Cc1ccccc1)N(Cc1cccc(C)c1)C(=O)CN(c1ccc(Cl)c(C(F)(F)F)c1)S(=O)(=O)c1ccccc1. The standard InChI is InChI=1S/C33H31ClF3N3O4S/c1-23-10-9-13-25(18-23)21-39(30(32(42)38-2)19-24-11-5-3-6-12-24)31(41)22-40(45(43,44)27-14-7-4-8-15-27)26-16-17-29(34)28(20-26)33(35,36)37/h3-18,20,30H,19,21-22H2,1-2H3,(H,38,42)/t30-/m1/s1. The van der Waals surface area contributed by atoms with Gasteiger partial charge in [0.1, 0.15) is 12.6 Å². The van der Waals surface area contributed by atoms with E-state index in [1.165, 1.54) is 36.2 Å². The van der Waals surface area contributed by atoms with Crippen LogP contribution in [0, 0.1) is 6.92 Å². The van der Waals surface area contributed by atoms with Gasteiger partial charge in [-0.1, -0.05) is 90.0 Å². The van der Waals surface area contributed by atoms with Crippen LogP contribution in [0.4, 0.5) is 18.9 Å². The van der Waals surface area contributed by atoms with Gasteiger partial charge in [0, 0.05) is 20.0 Å². The van der Waals surface area contributed by atoms with Crippen molar-refractivity contribution in [1.82, 2.24) is 10.2 Å². The summed E-state index contributed by atoms with van der Waals surface area (Å²) in [4.78, 5) is 28.6. The molecule has 0 aromatic heterocycles. The van der Waals surface area contributed by atoms with Gasteiger partial charge in [0.05, 0.1) is 21.2 Å². The monoisotopic (exact) mass is 657 g/mol. The maximum absolute atomic E-state index is 14.3. The van der Waals surface area contributed by atoms with Crippen molar-refractivity contribution < 1.29 is 31.2 Å². The van der Waals surface area contributed by atoms with E-state index in [1.54, 1.807) is 42.5 Å². The quantitative estimate of drug-likeness (QED) is 0.207. The molecule has 0 saturated carbocycles. The highest BCUT2D eigenvalue weighted by Crippen LogP contribution is 2.38. The molecule has 0 bridgehead atoms. The minimum Gasteiger partial charge on any atom is -0.357 e. The Labute approximate surface area is 265 Å². The highest BCUT2D eigenvalue weighted by molar-refractivity contribution is 7.92. The third kappa shape index (κ3) is 8.23. The topological polar surface area (TPSA) is 86.8 Å². The first-order valence-electron chi connectivity index (χ1n) is 13.9. The van der Waals surface area contributed by atoms with E-state index in [-0.39, 0.29) is 17.9 Å². The molecule has 12 heteroatoms. The lowest BCUT2D eigenvalue weighted by Gasteiger charge is -2.33. The summed E-state index contributed by atoms with van der Waals surface area (Å²) in [5, 5.41) is 1.96. The molecule has 236 valence electrons. The molecule has 1 N–H and O–H groups in total. The molecule has 45 heavy (non-hydrogen) atoms. The van der Waals surface area contributed by atoms with E-state index in [0.29, 0.717) is 15.9 Å². The smallest absolute Gasteiger partial charge is 0.357 e. The van der Waals surface area contributed by atoms with Crippen LogP contribution in [0.15, 0.2) is 108 Å². The Morgan fingerprint density at radius 1 is 0.867 bits per heavy atom. The molecule has 0 radical (unpaired) electrons. The van der Waals surface area contributed by atoms with Gasteiger partial charge in [0.25, 0.3) is 10.0 Å². The number of benzene rings is 4. The van der Waals surface area contributed by atoms with Gasteiger partial charge < -0.3 is 10.2 Å². The molecule has 0 fully saturated rings. The number of hydrogen-bond acceptors (Lipinski definition) is 4. The summed E-state index contributed by atoms with van der Waals surface area (Å²) >= 11 is 5.84. The number of aryl methyl sites for hydroxylation is 1. The predicted molar refractivity (Wildman–Crippen MR) is 167 cm³/mol. The molecule has 0 aliphatic carbocycles. The fourth-order valence-corrected chi connectivity index (χ4v) is 6.51. The lowest BCUT2D eigenvalue weighted by molar-refractivity contribution is -0.139. The van der Waals surface area contributed by atoms with Crippen molar-refractivity contribution >= 4 is 39.1 Å². The number of rotatable bonds is 11. The number of halogens is 4. The van der Waals surface area contributed by atoms with Gasteiger partial charge in [-0.15, -0.1) is 0 Å². The van der Waals surface area contributed by atoms with Crippen molar-refractivity contribution in [2.45, 2.75) is 37.0 Å². The summed E-state index contributed by atoms with van der Waals surface area (Å²) in [5.74, 6) is -1.30. The van der Waals surface area contributed by atoms with Crippen LogP contribution < -0.4 is 9.62 Å². The summed E-state index contributed by atoms with van der Waals surface area (Å²) < 4.78 is 70.1. The van der Waals surface area contributed by atoms with Gasteiger partial charge in [-0.05, 0) is 48.4 Å². The van der Waals surface area contributed by atoms with Crippen molar-refractivity contribution in [3.05, 3.63) is 130 Å². The first-order valence-corrected chi connectivity index (χ1v) is 15.7. The van der Waals surface area contributed by atoms with Gasteiger partial charge >= 0.3 is 6.18 Å². The molecule has 2 amide bonds. The number of carbonyl (C=O) groups is 2. The summed E-state index contributed by atoms with van der Waals surface area (Å²) in [7, 11) is -3.15. The normalized spacial score (nSPS) is 12.3. The number of anilines is 1. The van der Waals surface area contributed by atoms with Crippen LogP contribution in [0.25, 0.3) is 0 Å². The average molecular weight is 658 g/mol. The maximum Gasteiger partial charge on any atom is 0.417 e. The summed E-state index contributed by atoms with van der Waals surface area (Å²) in [6.07, 6.45) is -4.79. The number of sulfonamides is 1. The van der Waals surface area contributed by atoms with E-state index in [1.807, 2.05) is 25.1 Å². The zero-order valence-electron chi connectivity index (χ0n) is 24.5. The van der Waals surface area contributed by atoms with Crippen LogP contribution in [0.5, 0.6) is 0 Å². The van der Waals surface area contributed by atoms with Crippen LogP contribution >= 0.6 is 11.6 Å². The Hall–Kier alpha value is -4.35. The molecule has 4 rings (SSSR count). The Balaban J connectivity index is 1.84. The third-order valence-electron chi connectivity index (χ3n) is 7.11. The predicted octanol–water partition coefficient (Wildman–Crippen LogP) is 6.25. The van der Waals surface area contributed by atoms with Crippen molar-refractivity contribution in [3.63, 3.8) is 0 Å². The molecule has 0 aliphatic heterocycles. The first-order chi connectivity index (χ1) is 21.3. The number of nitrogens with zero attached hydrogens (tertiary/aromatic N) is 2. The van der Waals surface area contributed by atoms with E-state index >= 15 is 0 Å². The maximum atomic E-state index is 14.3. The Bertz CT molecular complexity index is 1750. The van der Waals surface area contributed by atoms with Crippen LogP contribution in [-0.2, 0) is 38.8 Å². The highest BCUT2D eigenvalue weighted by Gasteiger charge is 2.37. The largest absolute Gasteiger partial charge is 0.417 e. The molecule has 7 nitrogen and oxygen atoms in total. The Morgan fingerprint density at radius 2 is 1.49 bits per heavy atom. The lowest BCUT2D eigenvalue weighted by Crippen LogP contribution is -2.53. The zero-order chi connectivity index (χ0) is 32.8. The van der Waals surface area contributed by atoms with Crippen molar-refractivity contribution in [2.24, 2.45) is 0 Å². The Morgan fingerprint density at radius 3 is 2.09 bits per heavy atom. The lowest BCUT2D eigenvalue weighted by atomic mass is 10.0. The number of carbonyl (C=O) groups excluding carboxylic acids is 2. The second-order valence-electron chi connectivity index (χ2n) is 10.3. The summed E-state index contributed by atoms with van der Waals surface area (Å²) in [6.45, 7) is 0.895. The molecule has 0 saturated heterocycles. The minimum absolute atomic E-state index is 0.0704. The van der Waals surface area contributed by atoms with E-state index in [9.17, 15) is 31.2 Å². The number of likely N-dealkylation sites (N-methyl/N-ethyl adjacent to an activating group) is 1.